The lowest BCUT2D eigenvalue weighted by Gasteiger charge is -2.21. The topological polar surface area (TPSA) is 104 Å². The number of aliphatic carboxylic acids is 1. The number of carboxylic acid groups (broad SMARTS) is 1. The summed E-state index contributed by atoms with van der Waals surface area (Å²) in [6, 6.07) is 14.9. The first-order chi connectivity index (χ1) is 14.2. The van der Waals surface area contributed by atoms with E-state index in [9.17, 15) is 9.90 Å². The van der Waals surface area contributed by atoms with Crippen LogP contribution >= 0.6 is 0 Å². The number of aromatic nitrogens is 4. The highest BCUT2D eigenvalue weighted by Gasteiger charge is 2.31. The maximum absolute atomic E-state index is 11.9. The number of nitrogens with zero attached hydrogens (tertiary/aromatic N) is 3. The van der Waals surface area contributed by atoms with Crippen LogP contribution in [0.1, 0.15) is 48.2 Å². The van der Waals surface area contributed by atoms with Crippen molar-refractivity contribution in [3.8, 4) is 11.1 Å². The number of benzene rings is 2. The van der Waals surface area contributed by atoms with E-state index in [1.54, 1.807) is 0 Å². The van der Waals surface area contributed by atoms with Crippen LogP contribution in [0.2, 0.25) is 0 Å². The lowest BCUT2D eigenvalue weighted by atomic mass is 9.83. The van der Waals surface area contributed by atoms with Gasteiger partial charge in [-0.05, 0) is 46.7 Å². The number of tetrazole rings is 1. The Balaban J connectivity index is 1.56. The van der Waals surface area contributed by atoms with Crippen molar-refractivity contribution in [2.24, 2.45) is 5.92 Å². The highest BCUT2D eigenvalue weighted by atomic mass is 16.4. The molecule has 0 aliphatic carbocycles. The maximum atomic E-state index is 11.9. The fraction of sp³-hybridized carbons (Fsp3) is 0.364. The summed E-state index contributed by atoms with van der Waals surface area (Å²) >= 11 is 0. The average molecular weight is 391 g/mol. The summed E-state index contributed by atoms with van der Waals surface area (Å²) in [6.07, 6.45) is 1.93. The van der Waals surface area contributed by atoms with Gasteiger partial charge in [0, 0.05) is 19.0 Å². The van der Waals surface area contributed by atoms with Crippen molar-refractivity contribution >= 4 is 5.97 Å². The molecule has 0 radical (unpaired) electrons. The van der Waals surface area contributed by atoms with Gasteiger partial charge in [-0.15, -0.1) is 10.2 Å². The normalized spacial score (nSPS) is 15.1. The number of fused-ring (bicyclic) bond motifs is 1. The quantitative estimate of drug-likeness (QED) is 0.544. The first kappa shape index (κ1) is 19.3. The molecule has 29 heavy (non-hydrogen) atoms. The molecule has 0 fully saturated rings. The lowest BCUT2D eigenvalue weighted by Crippen LogP contribution is -2.25. The summed E-state index contributed by atoms with van der Waals surface area (Å²) in [5.41, 5.74) is 6.14. The molecule has 1 aliphatic heterocycles. The van der Waals surface area contributed by atoms with E-state index in [1.807, 2.05) is 6.92 Å². The molecule has 150 valence electrons. The monoisotopic (exact) mass is 391 g/mol. The van der Waals surface area contributed by atoms with Crippen molar-refractivity contribution < 1.29 is 9.90 Å². The van der Waals surface area contributed by atoms with Crippen molar-refractivity contribution in [1.29, 1.82) is 0 Å². The number of carbonyl (C=O) groups is 1. The van der Waals surface area contributed by atoms with E-state index >= 15 is 0 Å². The van der Waals surface area contributed by atoms with Crippen LogP contribution in [0.4, 0.5) is 0 Å². The molecule has 3 N–H and O–H groups in total. The van der Waals surface area contributed by atoms with E-state index in [-0.39, 0.29) is 5.92 Å². The number of carboxylic acids is 1. The molecular weight excluding hydrogens is 366 g/mol. The Morgan fingerprint density at radius 2 is 1.86 bits per heavy atom. The SMILES string of the molecule is CCC[C@H](C(=O)O)[C@H](Cc1ccc(-c2ccc3c(c2)CNC3)cc1)c1nn[nH]n1. The number of hydrogen-bond acceptors (Lipinski definition) is 5. The minimum Gasteiger partial charge on any atom is -0.481 e. The van der Waals surface area contributed by atoms with Gasteiger partial charge in [-0.3, -0.25) is 4.79 Å². The summed E-state index contributed by atoms with van der Waals surface area (Å²) in [7, 11) is 0. The molecule has 2 atom stereocenters. The molecule has 0 spiro atoms. The molecule has 2 heterocycles. The van der Waals surface area contributed by atoms with Gasteiger partial charge in [-0.1, -0.05) is 55.0 Å². The predicted octanol–water partition coefficient (Wildman–Crippen LogP) is 3.30. The second-order valence-electron chi connectivity index (χ2n) is 7.60. The molecule has 2 aromatic carbocycles. The van der Waals surface area contributed by atoms with Gasteiger partial charge in [-0.2, -0.15) is 5.21 Å². The van der Waals surface area contributed by atoms with Crippen molar-refractivity contribution in [2.45, 2.75) is 45.2 Å². The Hall–Kier alpha value is -3.06. The predicted molar refractivity (Wildman–Crippen MR) is 109 cm³/mol. The summed E-state index contributed by atoms with van der Waals surface area (Å²) in [4.78, 5) is 11.9. The van der Waals surface area contributed by atoms with Crippen molar-refractivity contribution in [2.75, 3.05) is 0 Å². The minimum absolute atomic E-state index is 0.317. The van der Waals surface area contributed by atoms with E-state index in [4.69, 9.17) is 0 Å². The standard InChI is InChI=1S/C22H25N5O2/c1-2-3-19(22(28)29)20(21-24-26-27-25-21)10-14-4-6-15(7-5-14)16-8-9-17-12-23-13-18(17)11-16/h4-9,11,19-20,23H,2-3,10,12-13H2,1H3,(H,28,29)(H,24,25,26,27)/t19-,20-/m0/s1. The van der Waals surface area contributed by atoms with Crippen LogP contribution in [-0.4, -0.2) is 31.7 Å². The Bertz CT molecular complexity index is 969. The molecule has 0 amide bonds. The van der Waals surface area contributed by atoms with Crippen LogP contribution in [-0.2, 0) is 24.3 Å². The second-order valence-corrected chi connectivity index (χ2v) is 7.60. The molecular formula is C22H25N5O2. The smallest absolute Gasteiger partial charge is 0.307 e. The Morgan fingerprint density at radius 3 is 2.55 bits per heavy atom. The fourth-order valence-electron chi connectivity index (χ4n) is 4.11. The molecule has 7 heteroatoms. The number of H-pyrrole nitrogens is 1. The van der Waals surface area contributed by atoms with Crippen molar-refractivity contribution in [3.05, 3.63) is 65.0 Å². The first-order valence-electron chi connectivity index (χ1n) is 10.0. The molecule has 3 aromatic rings. The van der Waals surface area contributed by atoms with Crippen LogP contribution in [0.15, 0.2) is 42.5 Å². The van der Waals surface area contributed by atoms with Crippen LogP contribution in [0, 0.1) is 5.92 Å². The average Bonchev–Trinajstić information content (AvgIpc) is 3.42. The van der Waals surface area contributed by atoms with E-state index in [0.29, 0.717) is 18.7 Å². The minimum atomic E-state index is -0.815. The van der Waals surface area contributed by atoms with Crippen LogP contribution in [0.5, 0.6) is 0 Å². The van der Waals surface area contributed by atoms with Gasteiger partial charge in [0.05, 0.1) is 5.92 Å². The van der Waals surface area contributed by atoms with Gasteiger partial charge < -0.3 is 10.4 Å². The van der Waals surface area contributed by atoms with Crippen LogP contribution in [0.3, 0.4) is 0 Å². The fourth-order valence-corrected chi connectivity index (χ4v) is 4.11. The number of rotatable bonds is 8. The molecule has 4 rings (SSSR count). The largest absolute Gasteiger partial charge is 0.481 e. The van der Waals surface area contributed by atoms with E-state index in [2.05, 4.69) is 68.4 Å². The zero-order valence-corrected chi connectivity index (χ0v) is 16.4. The van der Waals surface area contributed by atoms with E-state index < -0.39 is 11.9 Å². The number of hydrogen-bond donors (Lipinski definition) is 3. The van der Waals surface area contributed by atoms with Gasteiger partial charge in [0.15, 0.2) is 5.82 Å². The molecule has 1 aromatic heterocycles. The third-order valence-corrected chi connectivity index (χ3v) is 5.68. The van der Waals surface area contributed by atoms with Gasteiger partial charge in [0.2, 0.25) is 0 Å². The van der Waals surface area contributed by atoms with E-state index in [0.717, 1.165) is 30.6 Å². The number of aromatic amines is 1. The summed E-state index contributed by atoms with van der Waals surface area (Å²) in [6.45, 7) is 3.85. The highest BCUT2D eigenvalue weighted by molar-refractivity contribution is 5.71. The van der Waals surface area contributed by atoms with Gasteiger partial charge in [0.25, 0.3) is 0 Å². The Morgan fingerprint density at radius 1 is 1.10 bits per heavy atom. The number of nitrogens with one attached hydrogen (secondary N) is 2. The molecule has 0 bridgehead atoms. The molecule has 7 nitrogen and oxygen atoms in total. The second kappa shape index (κ2) is 8.53. The Labute approximate surface area is 169 Å². The first-order valence-corrected chi connectivity index (χ1v) is 10.0. The van der Waals surface area contributed by atoms with E-state index in [1.165, 1.54) is 16.7 Å². The summed E-state index contributed by atoms with van der Waals surface area (Å²) < 4.78 is 0. The van der Waals surface area contributed by atoms with Gasteiger partial charge in [-0.25, -0.2) is 0 Å². The lowest BCUT2D eigenvalue weighted by molar-refractivity contribution is -0.142. The molecule has 0 saturated heterocycles. The highest BCUT2D eigenvalue weighted by Crippen LogP contribution is 2.31. The van der Waals surface area contributed by atoms with Crippen LogP contribution in [0.25, 0.3) is 11.1 Å². The van der Waals surface area contributed by atoms with Crippen molar-refractivity contribution in [3.63, 3.8) is 0 Å². The van der Waals surface area contributed by atoms with Gasteiger partial charge in [0.1, 0.15) is 0 Å². The summed E-state index contributed by atoms with van der Waals surface area (Å²) in [5.74, 6) is -1.21. The van der Waals surface area contributed by atoms with Crippen LogP contribution < -0.4 is 5.32 Å². The van der Waals surface area contributed by atoms with Crippen molar-refractivity contribution in [1.82, 2.24) is 25.9 Å². The molecule has 0 unspecified atom stereocenters. The summed E-state index contributed by atoms with van der Waals surface area (Å²) in [5, 5.41) is 27.4. The third kappa shape index (κ3) is 4.19. The molecule has 1 aliphatic rings. The Kier molecular flexibility index (Phi) is 5.67. The third-order valence-electron chi connectivity index (χ3n) is 5.68. The zero-order chi connectivity index (χ0) is 20.2. The maximum Gasteiger partial charge on any atom is 0.307 e. The van der Waals surface area contributed by atoms with Gasteiger partial charge >= 0.3 is 5.97 Å². The zero-order valence-electron chi connectivity index (χ0n) is 16.4. The molecule has 0 saturated carbocycles.